The first kappa shape index (κ1) is 14.0. The highest BCUT2D eigenvalue weighted by Gasteiger charge is 2.38. The number of methoxy groups -OCH3 is 1. The molecule has 7 heteroatoms. The Labute approximate surface area is 126 Å². The van der Waals surface area contributed by atoms with E-state index >= 15 is 0 Å². The SMILES string of the molecule is COCCn1ncc(N2CC[C@H]3CNC[C@H]32)c(Br)c1=O. The van der Waals surface area contributed by atoms with Gasteiger partial charge in [0.1, 0.15) is 4.47 Å². The Morgan fingerprint density at radius 1 is 1.55 bits per heavy atom. The summed E-state index contributed by atoms with van der Waals surface area (Å²) >= 11 is 3.45. The maximum atomic E-state index is 12.3. The zero-order valence-corrected chi connectivity index (χ0v) is 13.1. The lowest BCUT2D eigenvalue weighted by molar-refractivity contribution is 0.181. The van der Waals surface area contributed by atoms with Gasteiger partial charge in [-0.25, -0.2) is 4.68 Å². The van der Waals surface area contributed by atoms with Gasteiger partial charge in [-0.05, 0) is 28.3 Å². The lowest BCUT2D eigenvalue weighted by Gasteiger charge is -2.26. The van der Waals surface area contributed by atoms with Crippen LogP contribution in [0.5, 0.6) is 0 Å². The monoisotopic (exact) mass is 342 g/mol. The van der Waals surface area contributed by atoms with Gasteiger partial charge in [-0.1, -0.05) is 0 Å². The molecule has 3 rings (SSSR count). The topological polar surface area (TPSA) is 59.4 Å². The number of ether oxygens (including phenoxy) is 1. The fourth-order valence-corrected chi connectivity index (χ4v) is 3.68. The van der Waals surface area contributed by atoms with Crippen LogP contribution in [-0.2, 0) is 11.3 Å². The third-order valence-electron chi connectivity index (χ3n) is 4.23. The Morgan fingerprint density at radius 3 is 3.20 bits per heavy atom. The highest BCUT2D eigenvalue weighted by Crippen LogP contribution is 2.34. The van der Waals surface area contributed by atoms with Crippen LogP contribution in [0.25, 0.3) is 0 Å². The fraction of sp³-hybridized carbons (Fsp3) is 0.692. The van der Waals surface area contributed by atoms with E-state index < -0.39 is 0 Å². The molecule has 20 heavy (non-hydrogen) atoms. The quantitative estimate of drug-likeness (QED) is 0.860. The van der Waals surface area contributed by atoms with E-state index in [9.17, 15) is 4.79 Å². The minimum absolute atomic E-state index is 0.0889. The maximum absolute atomic E-state index is 12.3. The number of rotatable bonds is 4. The molecule has 0 aromatic carbocycles. The van der Waals surface area contributed by atoms with Crippen molar-refractivity contribution < 1.29 is 4.74 Å². The maximum Gasteiger partial charge on any atom is 0.283 e. The van der Waals surface area contributed by atoms with Gasteiger partial charge in [-0.15, -0.1) is 0 Å². The summed E-state index contributed by atoms with van der Waals surface area (Å²) < 4.78 is 7.04. The molecular weight excluding hydrogens is 324 g/mol. The van der Waals surface area contributed by atoms with Crippen molar-refractivity contribution >= 4 is 21.6 Å². The second-order valence-electron chi connectivity index (χ2n) is 5.33. The van der Waals surface area contributed by atoms with E-state index in [0.717, 1.165) is 25.3 Å². The molecule has 0 aliphatic carbocycles. The van der Waals surface area contributed by atoms with Crippen molar-refractivity contribution in [3.63, 3.8) is 0 Å². The lowest BCUT2D eigenvalue weighted by Crippen LogP contribution is -2.36. The summed E-state index contributed by atoms with van der Waals surface area (Å²) in [5.74, 6) is 0.692. The summed E-state index contributed by atoms with van der Waals surface area (Å²) in [6.07, 6.45) is 2.97. The largest absolute Gasteiger partial charge is 0.383 e. The summed E-state index contributed by atoms with van der Waals surface area (Å²) in [4.78, 5) is 14.6. The Hall–Kier alpha value is -0.920. The van der Waals surface area contributed by atoms with Crippen molar-refractivity contribution in [1.82, 2.24) is 15.1 Å². The molecule has 0 unspecified atom stereocenters. The van der Waals surface area contributed by atoms with E-state index in [1.54, 1.807) is 13.3 Å². The fourth-order valence-electron chi connectivity index (χ4n) is 3.14. The summed E-state index contributed by atoms with van der Waals surface area (Å²) in [5, 5.41) is 7.69. The molecule has 2 aliphatic heterocycles. The first-order valence-corrected chi connectivity index (χ1v) is 7.73. The van der Waals surface area contributed by atoms with Crippen molar-refractivity contribution in [2.24, 2.45) is 5.92 Å². The highest BCUT2D eigenvalue weighted by atomic mass is 79.9. The summed E-state index contributed by atoms with van der Waals surface area (Å²) in [5.41, 5.74) is 0.828. The van der Waals surface area contributed by atoms with Gasteiger partial charge in [0.25, 0.3) is 5.56 Å². The standard InChI is InChI=1S/C13H19BrN4O2/c1-20-5-4-18-13(19)12(14)11(8-16-18)17-3-2-9-6-15-7-10(9)17/h8-10,15H,2-7H2,1H3/t9-,10+/m0/s1. The minimum atomic E-state index is -0.0889. The molecule has 0 spiro atoms. The second-order valence-corrected chi connectivity index (χ2v) is 6.13. The van der Waals surface area contributed by atoms with Gasteiger partial charge in [0, 0.05) is 32.8 Å². The number of hydrogen-bond acceptors (Lipinski definition) is 5. The van der Waals surface area contributed by atoms with Crippen molar-refractivity contribution in [2.75, 3.05) is 38.3 Å². The van der Waals surface area contributed by atoms with Gasteiger partial charge in [0.2, 0.25) is 0 Å². The third kappa shape index (κ3) is 2.38. The molecule has 2 fully saturated rings. The van der Waals surface area contributed by atoms with Crippen LogP contribution in [0.3, 0.4) is 0 Å². The molecule has 1 aromatic rings. The Bertz CT molecular complexity index is 548. The van der Waals surface area contributed by atoms with E-state index in [2.05, 4.69) is 31.2 Å². The molecule has 6 nitrogen and oxygen atoms in total. The molecule has 2 aliphatic rings. The zero-order chi connectivity index (χ0) is 14.1. The Kier molecular flexibility index (Phi) is 4.09. The van der Waals surface area contributed by atoms with E-state index in [1.165, 1.54) is 11.1 Å². The zero-order valence-electron chi connectivity index (χ0n) is 11.5. The van der Waals surface area contributed by atoms with Crippen LogP contribution in [0.4, 0.5) is 5.69 Å². The number of hydrogen-bond donors (Lipinski definition) is 1. The number of nitrogens with zero attached hydrogens (tertiary/aromatic N) is 3. The summed E-state index contributed by atoms with van der Waals surface area (Å²) in [7, 11) is 1.62. The molecule has 2 atom stereocenters. The average Bonchev–Trinajstić information content (AvgIpc) is 3.04. The molecule has 1 N–H and O–H groups in total. The van der Waals surface area contributed by atoms with Gasteiger partial charge in [0.05, 0.1) is 25.0 Å². The summed E-state index contributed by atoms with van der Waals surface area (Å²) in [6, 6.07) is 0.488. The van der Waals surface area contributed by atoms with Crippen molar-refractivity contribution in [1.29, 1.82) is 0 Å². The van der Waals surface area contributed by atoms with Crippen molar-refractivity contribution in [2.45, 2.75) is 19.0 Å². The van der Waals surface area contributed by atoms with Crippen molar-refractivity contribution in [3.8, 4) is 0 Å². The predicted octanol–water partition coefficient (Wildman–Crippen LogP) is 0.450. The van der Waals surface area contributed by atoms with E-state index in [1.807, 2.05) is 0 Å². The van der Waals surface area contributed by atoms with Crippen molar-refractivity contribution in [3.05, 3.63) is 21.0 Å². The number of halogens is 1. The molecule has 1 aromatic heterocycles. The molecule has 110 valence electrons. The Morgan fingerprint density at radius 2 is 2.40 bits per heavy atom. The molecule has 2 saturated heterocycles. The first-order chi connectivity index (χ1) is 9.72. The first-order valence-electron chi connectivity index (χ1n) is 6.94. The molecule has 0 bridgehead atoms. The van der Waals surface area contributed by atoms with Gasteiger partial charge >= 0.3 is 0 Å². The van der Waals surface area contributed by atoms with Crippen LogP contribution in [-0.4, -0.2) is 49.2 Å². The van der Waals surface area contributed by atoms with Crippen LogP contribution < -0.4 is 15.8 Å². The molecular formula is C13H19BrN4O2. The second kappa shape index (κ2) is 5.83. The van der Waals surface area contributed by atoms with Gasteiger partial charge in [-0.3, -0.25) is 4.79 Å². The van der Waals surface area contributed by atoms with E-state index in [4.69, 9.17) is 4.74 Å². The number of fused-ring (bicyclic) bond motifs is 1. The number of nitrogens with one attached hydrogen (secondary N) is 1. The van der Waals surface area contributed by atoms with Gasteiger partial charge < -0.3 is 15.0 Å². The third-order valence-corrected chi connectivity index (χ3v) is 4.97. The number of aromatic nitrogens is 2. The van der Waals surface area contributed by atoms with Gasteiger partial charge in [-0.2, -0.15) is 5.10 Å². The predicted molar refractivity (Wildman–Crippen MR) is 80.2 cm³/mol. The average molecular weight is 343 g/mol. The molecule has 0 radical (unpaired) electrons. The van der Waals surface area contributed by atoms with E-state index in [-0.39, 0.29) is 5.56 Å². The number of anilines is 1. The molecule has 0 amide bonds. The van der Waals surface area contributed by atoms with Crippen LogP contribution in [0, 0.1) is 5.92 Å². The van der Waals surface area contributed by atoms with Crippen LogP contribution >= 0.6 is 15.9 Å². The molecule has 3 heterocycles. The molecule has 0 saturated carbocycles. The van der Waals surface area contributed by atoms with Crippen LogP contribution in [0.15, 0.2) is 15.5 Å². The highest BCUT2D eigenvalue weighted by molar-refractivity contribution is 9.10. The minimum Gasteiger partial charge on any atom is -0.383 e. The smallest absolute Gasteiger partial charge is 0.283 e. The van der Waals surface area contributed by atoms with Crippen LogP contribution in [0.2, 0.25) is 0 Å². The summed E-state index contributed by atoms with van der Waals surface area (Å²) in [6.45, 7) is 4.03. The van der Waals surface area contributed by atoms with Crippen LogP contribution in [0.1, 0.15) is 6.42 Å². The van der Waals surface area contributed by atoms with Gasteiger partial charge in [0.15, 0.2) is 0 Å². The van der Waals surface area contributed by atoms with E-state index in [0.29, 0.717) is 29.6 Å². The Balaban J connectivity index is 1.87. The normalized spacial score (nSPS) is 25.2. The lowest BCUT2D eigenvalue weighted by atomic mass is 10.1.